The van der Waals surface area contributed by atoms with Gasteiger partial charge in [-0.15, -0.1) is 11.3 Å². The van der Waals surface area contributed by atoms with E-state index in [2.05, 4.69) is 0 Å². The second-order valence-electron chi connectivity index (χ2n) is 6.09. The molecular formula is C20H20ClNO4S. The number of ketones is 1. The van der Waals surface area contributed by atoms with E-state index in [9.17, 15) is 14.7 Å². The number of aliphatic hydroxyl groups is 1. The van der Waals surface area contributed by atoms with Crippen LogP contribution in [0.3, 0.4) is 0 Å². The first-order valence-electron chi connectivity index (χ1n) is 8.74. The Labute approximate surface area is 166 Å². The molecule has 0 aliphatic carbocycles. The maximum atomic E-state index is 12.7. The molecule has 2 aromatic rings. The van der Waals surface area contributed by atoms with Crippen LogP contribution in [0.5, 0.6) is 5.75 Å². The monoisotopic (exact) mass is 405 g/mol. The largest absolute Gasteiger partial charge is 0.507 e. The number of amides is 1. The zero-order chi connectivity index (χ0) is 19.6. The van der Waals surface area contributed by atoms with Crippen molar-refractivity contribution in [2.75, 3.05) is 13.2 Å². The van der Waals surface area contributed by atoms with Gasteiger partial charge >= 0.3 is 0 Å². The molecule has 0 spiro atoms. The predicted molar refractivity (Wildman–Crippen MR) is 106 cm³/mol. The Balaban J connectivity index is 2.14. The van der Waals surface area contributed by atoms with Gasteiger partial charge in [-0.3, -0.25) is 9.59 Å². The molecule has 1 aliphatic heterocycles. The number of rotatable bonds is 6. The molecule has 7 heteroatoms. The number of benzene rings is 1. The van der Waals surface area contributed by atoms with Crippen molar-refractivity contribution in [2.24, 2.45) is 0 Å². The van der Waals surface area contributed by atoms with Gasteiger partial charge in [0.2, 0.25) is 0 Å². The number of ether oxygens (including phenoxy) is 1. The summed E-state index contributed by atoms with van der Waals surface area (Å²) in [6, 6.07) is 7.94. The Kier molecular flexibility index (Phi) is 5.87. The third-order valence-electron chi connectivity index (χ3n) is 4.32. The molecule has 1 aromatic heterocycles. The van der Waals surface area contributed by atoms with Crippen molar-refractivity contribution in [3.8, 4) is 5.75 Å². The van der Waals surface area contributed by atoms with Crippen LogP contribution in [0.15, 0.2) is 41.3 Å². The lowest BCUT2D eigenvalue weighted by molar-refractivity contribution is -0.139. The number of Topliss-reactive ketones (excluding diaryl/α,β-unsaturated/α-hetero) is 1. The zero-order valence-electron chi connectivity index (χ0n) is 15.1. The lowest BCUT2D eigenvalue weighted by atomic mass is 9.99. The van der Waals surface area contributed by atoms with Crippen LogP contribution in [0.25, 0.3) is 5.76 Å². The molecule has 1 saturated heterocycles. The normalized spacial score (nSPS) is 18.9. The fourth-order valence-corrected chi connectivity index (χ4v) is 4.18. The third kappa shape index (κ3) is 3.59. The fourth-order valence-electron chi connectivity index (χ4n) is 3.17. The number of hydrogen-bond donors (Lipinski definition) is 1. The summed E-state index contributed by atoms with van der Waals surface area (Å²) in [7, 11) is 0. The van der Waals surface area contributed by atoms with Gasteiger partial charge in [-0.25, -0.2) is 0 Å². The minimum atomic E-state index is -0.674. The highest BCUT2D eigenvalue weighted by Crippen LogP contribution is 2.41. The van der Waals surface area contributed by atoms with E-state index in [1.54, 1.807) is 18.2 Å². The molecule has 142 valence electrons. The first-order chi connectivity index (χ1) is 13.0. The molecule has 3 rings (SSSR count). The van der Waals surface area contributed by atoms with Gasteiger partial charge < -0.3 is 14.7 Å². The van der Waals surface area contributed by atoms with Gasteiger partial charge in [0.15, 0.2) is 0 Å². The molecule has 0 bridgehead atoms. The molecular weight excluding hydrogens is 386 g/mol. The van der Waals surface area contributed by atoms with E-state index in [1.165, 1.54) is 16.2 Å². The average Bonchev–Trinajstić information content (AvgIpc) is 3.26. The highest BCUT2D eigenvalue weighted by atomic mass is 35.5. The second-order valence-corrected chi connectivity index (χ2v) is 7.47. The molecule has 1 atom stereocenters. The van der Waals surface area contributed by atoms with Gasteiger partial charge in [0.25, 0.3) is 11.7 Å². The summed E-state index contributed by atoms with van der Waals surface area (Å²) in [5.41, 5.74) is 0.486. The van der Waals surface area contributed by atoms with Crippen LogP contribution in [-0.4, -0.2) is 34.8 Å². The van der Waals surface area contributed by atoms with Crippen molar-refractivity contribution in [2.45, 2.75) is 26.3 Å². The van der Waals surface area contributed by atoms with Crippen molar-refractivity contribution in [3.63, 3.8) is 0 Å². The van der Waals surface area contributed by atoms with Crippen molar-refractivity contribution >= 4 is 40.4 Å². The van der Waals surface area contributed by atoms with Gasteiger partial charge in [-0.2, -0.15) is 0 Å². The van der Waals surface area contributed by atoms with Gasteiger partial charge in [0.05, 0.1) is 23.2 Å². The fraction of sp³-hybridized carbons (Fsp3) is 0.300. The molecule has 1 N–H and O–H groups in total. The van der Waals surface area contributed by atoms with Gasteiger partial charge in [-0.1, -0.05) is 24.6 Å². The minimum absolute atomic E-state index is 0.0978. The Bertz CT molecular complexity index is 891. The number of hydrogen-bond acceptors (Lipinski definition) is 5. The lowest BCUT2D eigenvalue weighted by Gasteiger charge is -2.23. The summed E-state index contributed by atoms with van der Waals surface area (Å²) in [6.45, 7) is 4.63. The van der Waals surface area contributed by atoms with E-state index >= 15 is 0 Å². The van der Waals surface area contributed by atoms with E-state index < -0.39 is 17.7 Å². The number of nitrogens with zero attached hydrogens (tertiary/aromatic N) is 1. The molecule has 1 aromatic carbocycles. The van der Waals surface area contributed by atoms with Crippen LogP contribution < -0.4 is 4.74 Å². The van der Waals surface area contributed by atoms with Crippen LogP contribution in [0.1, 0.15) is 36.8 Å². The van der Waals surface area contributed by atoms with E-state index in [0.29, 0.717) is 35.9 Å². The Morgan fingerprint density at radius 3 is 2.70 bits per heavy atom. The van der Waals surface area contributed by atoms with Crippen molar-refractivity contribution in [3.05, 3.63) is 56.7 Å². The first kappa shape index (κ1) is 19.5. The quantitative estimate of drug-likeness (QED) is 0.432. The maximum Gasteiger partial charge on any atom is 0.295 e. The van der Waals surface area contributed by atoms with Crippen molar-refractivity contribution < 1.29 is 19.4 Å². The highest BCUT2D eigenvalue weighted by Gasteiger charge is 2.46. The Morgan fingerprint density at radius 2 is 2.07 bits per heavy atom. The zero-order valence-corrected chi connectivity index (χ0v) is 16.6. The van der Waals surface area contributed by atoms with Crippen LogP contribution in [-0.2, 0) is 9.59 Å². The number of thiophene rings is 1. The van der Waals surface area contributed by atoms with Crippen molar-refractivity contribution in [1.29, 1.82) is 0 Å². The maximum absolute atomic E-state index is 12.7. The second kappa shape index (κ2) is 8.15. The SMILES string of the molecule is CCCN1C(=O)C(=O)/C(=C(\O)c2ccc(Cl)c(OCC)c2)C1c1cccs1. The van der Waals surface area contributed by atoms with E-state index in [-0.39, 0.29) is 11.3 Å². The van der Waals surface area contributed by atoms with Gasteiger partial charge in [0, 0.05) is 17.0 Å². The molecule has 2 heterocycles. The topological polar surface area (TPSA) is 66.8 Å². The highest BCUT2D eigenvalue weighted by molar-refractivity contribution is 7.10. The average molecular weight is 406 g/mol. The number of carbonyl (C=O) groups excluding carboxylic acids is 2. The molecule has 27 heavy (non-hydrogen) atoms. The molecule has 0 saturated carbocycles. The van der Waals surface area contributed by atoms with E-state index in [1.807, 2.05) is 31.4 Å². The number of carbonyl (C=O) groups is 2. The summed E-state index contributed by atoms with van der Waals surface area (Å²) in [6.07, 6.45) is 0.713. The van der Waals surface area contributed by atoms with Crippen LogP contribution in [0.2, 0.25) is 5.02 Å². The van der Waals surface area contributed by atoms with Gasteiger partial charge in [-0.05, 0) is 43.0 Å². The van der Waals surface area contributed by atoms with Crippen LogP contribution >= 0.6 is 22.9 Å². The van der Waals surface area contributed by atoms with E-state index in [4.69, 9.17) is 16.3 Å². The molecule has 1 aliphatic rings. The molecule has 1 unspecified atom stereocenters. The first-order valence-corrected chi connectivity index (χ1v) is 9.99. The Morgan fingerprint density at radius 1 is 1.30 bits per heavy atom. The number of likely N-dealkylation sites (tertiary alicyclic amines) is 1. The molecule has 1 fully saturated rings. The minimum Gasteiger partial charge on any atom is -0.507 e. The third-order valence-corrected chi connectivity index (χ3v) is 5.56. The summed E-state index contributed by atoms with van der Waals surface area (Å²) >= 11 is 7.56. The lowest BCUT2D eigenvalue weighted by Crippen LogP contribution is -2.30. The van der Waals surface area contributed by atoms with E-state index in [0.717, 1.165) is 4.88 Å². The predicted octanol–water partition coefficient (Wildman–Crippen LogP) is 4.63. The Hall–Kier alpha value is -2.31. The summed E-state index contributed by atoms with van der Waals surface area (Å²) in [5.74, 6) is -1.07. The summed E-state index contributed by atoms with van der Waals surface area (Å²) in [4.78, 5) is 27.7. The smallest absolute Gasteiger partial charge is 0.295 e. The van der Waals surface area contributed by atoms with Crippen LogP contribution in [0, 0.1) is 0 Å². The number of halogens is 1. The molecule has 5 nitrogen and oxygen atoms in total. The standard InChI is InChI=1S/C20H20ClNO4S/c1-3-9-22-17(15-6-5-10-27-15)16(19(24)20(22)25)18(23)12-7-8-13(21)14(11-12)26-4-2/h5-8,10-11,17,23H,3-4,9H2,1-2H3/b18-16-. The summed E-state index contributed by atoms with van der Waals surface area (Å²) in [5, 5.41) is 13.2. The van der Waals surface area contributed by atoms with Crippen molar-refractivity contribution in [1.82, 2.24) is 4.90 Å². The summed E-state index contributed by atoms with van der Waals surface area (Å²) < 4.78 is 5.47. The molecule has 1 amide bonds. The van der Waals surface area contributed by atoms with Crippen LogP contribution in [0.4, 0.5) is 0 Å². The number of aliphatic hydroxyl groups excluding tert-OH is 1. The van der Waals surface area contributed by atoms with Gasteiger partial charge in [0.1, 0.15) is 11.5 Å². The molecule has 0 radical (unpaired) electrons.